The molecule has 0 saturated heterocycles. The summed E-state index contributed by atoms with van der Waals surface area (Å²) < 4.78 is 4.95. The summed E-state index contributed by atoms with van der Waals surface area (Å²) in [6, 6.07) is 3.28. The molecule has 0 aromatic carbocycles. The van der Waals surface area contributed by atoms with Gasteiger partial charge >= 0.3 is 5.97 Å². The Labute approximate surface area is 118 Å². The van der Waals surface area contributed by atoms with Crippen molar-refractivity contribution in [1.82, 2.24) is 9.88 Å². The number of carboxylic acid groups (broad SMARTS) is 1. The van der Waals surface area contributed by atoms with Gasteiger partial charge in [0.05, 0.1) is 12.7 Å². The van der Waals surface area contributed by atoms with Crippen molar-refractivity contribution in [2.75, 3.05) is 13.7 Å². The van der Waals surface area contributed by atoms with Crippen molar-refractivity contribution in [1.29, 1.82) is 0 Å². The standard InChI is InChI=1S/C14H20N2O4/c1-10(2)16(8-4-5-13(17)18)14(19)11-6-7-12(20-3)15-9-11/h6-7,9-10H,4-5,8H2,1-3H3,(H,17,18). The molecule has 0 fully saturated rings. The zero-order valence-corrected chi connectivity index (χ0v) is 12.0. The SMILES string of the molecule is COc1ccc(C(=O)N(CCCC(=O)O)C(C)C)cn1. The Kier molecular flexibility index (Phi) is 5.96. The van der Waals surface area contributed by atoms with Crippen LogP contribution in [0.25, 0.3) is 0 Å². The molecule has 110 valence electrons. The smallest absolute Gasteiger partial charge is 0.303 e. The van der Waals surface area contributed by atoms with E-state index < -0.39 is 5.97 Å². The second-order valence-electron chi connectivity index (χ2n) is 4.68. The lowest BCUT2D eigenvalue weighted by atomic mass is 10.2. The van der Waals surface area contributed by atoms with Crippen LogP contribution in [0.15, 0.2) is 18.3 Å². The number of carbonyl (C=O) groups is 2. The number of amides is 1. The van der Waals surface area contributed by atoms with Crippen LogP contribution < -0.4 is 4.74 Å². The third-order valence-corrected chi connectivity index (χ3v) is 2.87. The van der Waals surface area contributed by atoms with Gasteiger partial charge in [-0.05, 0) is 26.3 Å². The summed E-state index contributed by atoms with van der Waals surface area (Å²) in [6.45, 7) is 4.21. The number of aromatic nitrogens is 1. The number of hydrogen-bond acceptors (Lipinski definition) is 4. The number of aliphatic carboxylic acids is 1. The summed E-state index contributed by atoms with van der Waals surface area (Å²) in [5.41, 5.74) is 0.467. The Morgan fingerprint density at radius 1 is 1.40 bits per heavy atom. The minimum atomic E-state index is -0.854. The highest BCUT2D eigenvalue weighted by molar-refractivity contribution is 5.94. The van der Waals surface area contributed by atoms with Crippen molar-refractivity contribution in [3.8, 4) is 5.88 Å². The van der Waals surface area contributed by atoms with E-state index in [0.717, 1.165) is 0 Å². The molecular formula is C14H20N2O4. The molecule has 20 heavy (non-hydrogen) atoms. The first-order valence-corrected chi connectivity index (χ1v) is 6.48. The molecule has 0 aliphatic rings. The molecule has 1 aromatic rings. The van der Waals surface area contributed by atoms with Gasteiger partial charge in [-0.2, -0.15) is 0 Å². The second kappa shape index (κ2) is 7.47. The third kappa shape index (κ3) is 4.53. The number of methoxy groups -OCH3 is 1. The Bertz CT molecular complexity index is 457. The van der Waals surface area contributed by atoms with E-state index in [1.165, 1.54) is 13.3 Å². The van der Waals surface area contributed by atoms with Gasteiger partial charge in [-0.25, -0.2) is 4.98 Å². The van der Waals surface area contributed by atoms with Gasteiger partial charge in [0, 0.05) is 31.3 Å². The van der Waals surface area contributed by atoms with Crippen LogP contribution in [-0.4, -0.2) is 46.6 Å². The van der Waals surface area contributed by atoms with Gasteiger partial charge in [-0.15, -0.1) is 0 Å². The topological polar surface area (TPSA) is 79.7 Å². The molecule has 0 saturated carbocycles. The van der Waals surface area contributed by atoms with E-state index in [0.29, 0.717) is 24.4 Å². The summed E-state index contributed by atoms with van der Waals surface area (Å²) >= 11 is 0. The van der Waals surface area contributed by atoms with Crippen molar-refractivity contribution in [2.45, 2.75) is 32.7 Å². The molecule has 1 aromatic heterocycles. The fraction of sp³-hybridized carbons (Fsp3) is 0.500. The van der Waals surface area contributed by atoms with E-state index in [1.807, 2.05) is 13.8 Å². The molecule has 0 bridgehead atoms. The van der Waals surface area contributed by atoms with Crippen LogP contribution in [0.4, 0.5) is 0 Å². The first-order valence-electron chi connectivity index (χ1n) is 6.48. The van der Waals surface area contributed by atoms with Crippen molar-refractivity contribution in [3.05, 3.63) is 23.9 Å². The van der Waals surface area contributed by atoms with Gasteiger partial charge in [0.1, 0.15) is 0 Å². The predicted molar refractivity (Wildman–Crippen MR) is 73.8 cm³/mol. The van der Waals surface area contributed by atoms with Gasteiger partial charge in [0.25, 0.3) is 5.91 Å². The molecule has 0 aliphatic heterocycles. The van der Waals surface area contributed by atoms with E-state index in [1.54, 1.807) is 17.0 Å². The number of ether oxygens (including phenoxy) is 1. The van der Waals surface area contributed by atoms with Gasteiger partial charge in [0.2, 0.25) is 5.88 Å². The highest BCUT2D eigenvalue weighted by Gasteiger charge is 2.19. The zero-order valence-electron chi connectivity index (χ0n) is 12.0. The minimum absolute atomic E-state index is 0.00148. The predicted octanol–water partition coefficient (Wildman–Crippen LogP) is 1.81. The number of hydrogen-bond donors (Lipinski definition) is 1. The Morgan fingerprint density at radius 2 is 2.10 bits per heavy atom. The maximum Gasteiger partial charge on any atom is 0.303 e. The van der Waals surface area contributed by atoms with Gasteiger partial charge in [-0.3, -0.25) is 9.59 Å². The summed E-state index contributed by atoms with van der Waals surface area (Å²) in [5.74, 6) is -0.559. The number of carboxylic acids is 1. The van der Waals surface area contributed by atoms with Crippen molar-refractivity contribution in [2.24, 2.45) is 0 Å². The van der Waals surface area contributed by atoms with Crippen LogP contribution in [0.1, 0.15) is 37.0 Å². The van der Waals surface area contributed by atoms with Crippen LogP contribution in [-0.2, 0) is 4.79 Å². The lowest BCUT2D eigenvalue weighted by Gasteiger charge is -2.26. The normalized spacial score (nSPS) is 10.4. The molecule has 1 N–H and O–H groups in total. The molecule has 0 radical (unpaired) electrons. The van der Waals surface area contributed by atoms with E-state index >= 15 is 0 Å². The molecule has 1 heterocycles. The minimum Gasteiger partial charge on any atom is -0.481 e. The van der Waals surface area contributed by atoms with E-state index in [-0.39, 0.29) is 18.4 Å². The fourth-order valence-electron chi connectivity index (χ4n) is 1.79. The average molecular weight is 280 g/mol. The van der Waals surface area contributed by atoms with Crippen LogP contribution in [0.3, 0.4) is 0 Å². The maximum atomic E-state index is 12.4. The molecule has 0 atom stereocenters. The molecule has 6 heteroatoms. The highest BCUT2D eigenvalue weighted by Crippen LogP contribution is 2.12. The molecule has 6 nitrogen and oxygen atoms in total. The Hall–Kier alpha value is -2.11. The Balaban J connectivity index is 2.74. The number of nitrogens with zero attached hydrogens (tertiary/aromatic N) is 2. The summed E-state index contributed by atoms with van der Waals surface area (Å²) in [7, 11) is 1.51. The lowest BCUT2D eigenvalue weighted by Crippen LogP contribution is -2.38. The van der Waals surface area contributed by atoms with Gasteiger partial charge in [0.15, 0.2) is 0 Å². The third-order valence-electron chi connectivity index (χ3n) is 2.87. The van der Waals surface area contributed by atoms with Gasteiger partial charge in [-0.1, -0.05) is 0 Å². The molecule has 1 rings (SSSR count). The van der Waals surface area contributed by atoms with E-state index in [9.17, 15) is 9.59 Å². The first-order chi connectivity index (χ1) is 9.45. The van der Waals surface area contributed by atoms with Crippen molar-refractivity contribution < 1.29 is 19.4 Å². The summed E-state index contributed by atoms with van der Waals surface area (Å²) in [5, 5.41) is 8.65. The molecule has 0 unspecified atom stereocenters. The number of rotatable bonds is 7. The molecule has 0 aliphatic carbocycles. The van der Waals surface area contributed by atoms with Crippen molar-refractivity contribution >= 4 is 11.9 Å². The molecular weight excluding hydrogens is 260 g/mol. The fourth-order valence-corrected chi connectivity index (χ4v) is 1.79. The molecule has 0 spiro atoms. The zero-order chi connectivity index (χ0) is 15.1. The quantitative estimate of drug-likeness (QED) is 0.824. The number of pyridine rings is 1. The lowest BCUT2D eigenvalue weighted by molar-refractivity contribution is -0.137. The Morgan fingerprint density at radius 3 is 2.55 bits per heavy atom. The van der Waals surface area contributed by atoms with Crippen LogP contribution in [0.2, 0.25) is 0 Å². The van der Waals surface area contributed by atoms with Crippen LogP contribution in [0.5, 0.6) is 5.88 Å². The summed E-state index contributed by atoms with van der Waals surface area (Å²) in [4.78, 5) is 28.5. The largest absolute Gasteiger partial charge is 0.481 e. The summed E-state index contributed by atoms with van der Waals surface area (Å²) in [6.07, 6.45) is 1.95. The second-order valence-corrected chi connectivity index (χ2v) is 4.68. The van der Waals surface area contributed by atoms with Crippen LogP contribution >= 0.6 is 0 Å². The highest BCUT2D eigenvalue weighted by atomic mass is 16.5. The maximum absolute atomic E-state index is 12.4. The van der Waals surface area contributed by atoms with Gasteiger partial charge < -0.3 is 14.7 Å². The number of carbonyl (C=O) groups excluding carboxylic acids is 1. The van der Waals surface area contributed by atoms with Crippen LogP contribution in [0, 0.1) is 0 Å². The van der Waals surface area contributed by atoms with E-state index in [4.69, 9.17) is 9.84 Å². The van der Waals surface area contributed by atoms with E-state index in [2.05, 4.69) is 4.98 Å². The van der Waals surface area contributed by atoms with Crippen molar-refractivity contribution in [3.63, 3.8) is 0 Å². The average Bonchev–Trinajstić information content (AvgIpc) is 2.42. The monoisotopic (exact) mass is 280 g/mol. The molecule has 1 amide bonds. The first kappa shape index (κ1) is 15.9.